The van der Waals surface area contributed by atoms with Crippen molar-refractivity contribution in [3.8, 4) is 0 Å². The Kier molecular flexibility index (Phi) is 4.61. The first-order valence-corrected chi connectivity index (χ1v) is 9.27. The van der Waals surface area contributed by atoms with E-state index in [-0.39, 0.29) is 12.1 Å². The first-order valence-electron chi connectivity index (χ1n) is 8.90. The van der Waals surface area contributed by atoms with Gasteiger partial charge in [-0.1, -0.05) is 17.7 Å². The molecule has 0 radical (unpaired) electrons. The van der Waals surface area contributed by atoms with Crippen molar-refractivity contribution >= 4 is 40.2 Å². The zero-order valence-electron chi connectivity index (χ0n) is 15.2. The van der Waals surface area contributed by atoms with Gasteiger partial charge in [0.05, 0.1) is 5.39 Å². The average Bonchev–Trinajstić information content (AvgIpc) is 3.03. The summed E-state index contributed by atoms with van der Waals surface area (Å²) in [7, 11) is 0. The molecule has 0 bridgehead atoms. The average molecular weight is 385 g/mol. The molecule has 4 rings (SSSR count). The Morgan fingerprint density at radius 2 is 2.19 bits per heavy atom. The molecule has 0 saturated carbocycles. The van der Waals surface area contributed by atoms with Crippen molar-refractivity contribution in [2.45, 2.75) is 19.9 Å². The summed E-state index contributed by atoms with van der Waals surface area (Å²) in [4.78, 5) is 28.7. The number of nitrogens with zero attached hydrogens (tertiary/aromatic N) is 4. The van der Waals surface area contributed by atoms with Crippen LogP contribution in [-0.4, -0.2) is 51.6 Å². The van der Waals surface area contributed by atoms with Crippen LogP contribution in [0, 0.1) is 6.92 Å². The largest absolute Gasteiger partial charge is 0.352 e. The van der Waals surface area contributed by atoms with Gasteiger partial charge in [0.2, 0.25) is 0 Å². The smallest absolute Gasteiger partial charge is 0.322 e. The van der Waals surface area contributed by atoms with Gasteiger partial charge in [-0.2, -0.15) is 0 Å². The summed E-state index contributed by atoms with van der Waals surface area (Å²) in [6, 6.07) is 7.10. The lowest BCUT2D eigenvalue weighted by molar-refractivity contribution is 0.184. The van der Waals surface area contributed by atoms with Crippen LogP contribution in [0.2, 0.25) is 5.02 Å². The number of piperazine rings is 1. The SMILES string of the molecule is Cc1c[nH]c2ncnc(N3CCN(C(=O)Nc4cccc(Cl)c4)[C@@H](C)C3)c12. The lowest BCUT2D eigenvalue weighted by Crippen LogP contribution is -2.55. The first kappa shape index (κ1) is 17.6. The van der Waals surface area contributed by atoms with Gasteiger partial charge in [-0.05, 0) is 37.6 Å². The van der Waals surface area contributed by atoms with Crippen molar-refractivity contribution in [3.63, 3.8) is 0 Å². The molecule has 140 valence electrons. The minimum absolute atomic E-state index is 0.0437. The minimum atomic E-state index is -0.116. The molecular weight excluding hydrogens is 364 g/mol. The van der Waals surface area contributed by atoms with Gasteiger partial charge in [0.25, 0.3) is 0 Å². The molecule has 27 heavy (non-hydrogen) atoms. The van der Waals surface area contributed by atoms with E-state index in [1.165, 1.54) is 0 Å². The van der Waals surface area contributed by atoms with Gasteiger partial charge in [0.1, 0.15) is 17.8 Å². The maximum absolute atomic E-state index is 12.7. The predicted octanol–water partition coefficient (Wildman–Crippen LogP) is 3.66. The van der Waals surface area contributed by atoms with E-state index in [1.807, 2.05) is 37.1 Å². The Balaban J connectivity index is 1.49. The van der Waals surface area contributed by atoms with Gasteiger partial charge in [-0.15, -0.1) is 0 Å². The maximum atomic E-state index is 12.7. The molecule has 2 amide bonds. The molecule has 2 N–H and O–H groups in total. The number of H-pyrrole nitrogens is 1. The number of amides is 2. The van der Waals surface area contributed by atoms with E-state index in [9.17, 15) is 4.79 Å². The molecule has 1 atom stereocenters. The van der Waals surface area contributed by atoms with Gasteiger partial charge in [0.15, 0.2) is 0 Å². The summed E-state index contributed by atoms with van der Waals surface area (Å²) in [6.07, 6.45) is 3.53. The summed E-state index contributed by atoms with van der Waals surface area (Å²) in [5, 5.41) is 4.57. The quantitative estimate of drug-likeness (QED) is 0.706. The van der Waals surface area contributed by atoms with Crippen LogP contribution in [0.25, 0.3) is 11.0 Å². The molecule has 1 aliphatic rings. The number of aryl methyl sites for hydroxylation is 1. The van der Waals surface area contributed by atoms with Crippen LogP contribution in [0.3, 0.4) is 0 Å². The predicted molar refractivity (Wildman–Crippen MR) is 107 cm³/mol. The number of hydrogen-bond acceptors (Lipinski definition) is 4. The van der Waals surface area contributed by atoms with E-state index in [4.69, 9.17) is 11.6 Å². The third-order valence-corrected chi connectivity index (χ3v) is 5.15. The number of aromatic amines is 1. The molecule has 1 saturated heterocycles. The molecule has 2 aromatic heterocycles. The van der Waals surface area contributed by atoms with E-state index in [1.54, 1.807) is 18.5 Å². The summed E-state index contributed by atoms with van der Waals surface area (Å²) in [5.74, 6) is 0.917. The number of rotatable bonds is 2. The van der Waals surface area contributed by atoms with Gasteiger partial charge in [0, 0.05) is 42.6 Å². The fourth-order valence-corrected chi connectivity index (χ4v) is 3.74. The highest BCUT2D eigenvalue weighted by atomic mass is 35.5. The first-order chi connectivity index (χ1) is 13.0. The molecule has 1 aromatic carbocycles. The Labute approximate surface area is 162 Å². The van der Waals surface area contributed by atoms with Crippen molar-refractivity contribution in [2.24, 2.45) is 0 Å². The number of carbonyl (C=O) groups is 1. The Bertz CT molecular complexity index is 987. The number of hydrogen-bond donors (Lipinski definition) is 2. The Morgan fingerprint density at radius 1 is 1.33 bits per heavy atom. The number of fused-ring (bicyclic) bond motifs is 1. The van der Waals surface area contributed by atoms with Crippen LogP contribution in [0.1, 0.15) is 12.5 Å². The normalized spacial score (nSPS) is 17.4. The van der Waals surface area contributed by atoms with Gasteiger partial charge < -0.3 is 20.1 Å². The number of halogens is 1. The standard InChI is InChI=1S/C19H21ClN6O/c1-12-9-21-17-16(12)18(23-11-22-17)25-6-7-26(13(2)10-25)19(27)24-15-5-3-4-14(20)8-15/h3-5,8-9,11,13H,6-7,10H2,1-2H3,(H,24,27)(H,21,22,23)/t13-/m0/s1. The number of nitrogens with one attached hydrogen (secondary N) is 2. The zero-order chi connectivity index (χ0) is 19.0. The molecule has 0 spiro atoms. The van der Waals surface area contributed by atoms with Gasteiger partial charge in [-0.3, -0.25) is 0 Å². The van der Waals surface area contributed by atoms with E-state index >= 15 is 0 Å². The molecule has 1 fully saturated rings. The van der Waals surface area contributed by atoms with Crippen LogP contribution in [0.15, 0.2) is 36.8 Å². The van der Waals surface area contributed by atoms with Crippen LogP contribution in [0.5, 0.6) is 0 Å². The third kappa shape index (κ3) is 3.42. The lowest BCUT2D eigenvalue weighted by Gasteiger charge is -2.40. The molecule has 8 heteroatoms. The highest BCUT2D eigenvalue weighted by molar-refractivity contribution is 6.30. The molecular formula is C19H21ClN6O. The molecule has 3 aromatic rings. The van der Waals surface area contributed by atoms with Crippen LogP contribution in [-0.2, 0) is 0 Å². The van der Waals surface area contributed by atoms with Crippen LogP contribution >= 0.6 is 11.6 Å². The zero-order valence-corrected chi connectivity index (χ0v) is 16.0. The Hall–Kier alpha value is -2.80. The second-order valence-corrected chi connectivity index (χ2v) is 7.26. The van der Waals surface area contributed by atoms with E-state index in [2.05, 4.69) is 25.2 Å². The van der Waals surface area contributed by atoms with Crippen LogP contribution in [0.4, 0.5) is 16.3 Å². The highest BCUT2D eigenvalue weighted by Crippen LogP contribution is 2.27. The molecule has 3 heterocycles. The number of aromatic nitrogens is 3. The molecule has 7 nitrogen and oxygen atoms in total. The van der Waals surface area contributed by atoms with Gasteiger partial charge in [-0.25, -0.2) is 14.8 Å². The third-order valence-electron chi connectivity index (χ3n) is 4.91. The number of carbonyl (C=O) groups excluding carboxylic acids is 1. The molecule has 0 unspecified atom stereocenters. The number of benzene rings is 1. The van der Waals surface area contributed by atoms with Crippen LogP contribution < -0.4 is 10.2 Å². The summed E-state index contributed by atoms with van der Waals surface area (Å²) in [5.41, 5.74) is 2.66. The van der Waals surface area contributed by atoms with Gasteiger partial charge >= 0.3 is 6.03 Å². The van der Waals surface area contributed by atoms with Crippen molar-refractivity contribution in [3.05, 3.63) is 47.4 Å². The maximum Gasteiger partial charge on any atom is 0.322 e. The fraction of sp³-hybridized carbons (Fsp3) is 0.316. The monoisotopic (exact) mass is 384 g/mol. The summed E-state index contributed by atoms with van der Waals surface area (Å²) >= 11 is 5.99. The van der Waals surface area contributed by atoms with E-state index in [0.29, 0.717) is 30.3 Å². The summed E-state index contributed by atoms with van der Waals surface area (Å²) in [6.45, 7) is 6.13. The van der Waals surface area contributed by atoms with Crippen molar-refractivity contribution in [2.75, 3.05) is 29.9 Å². The second-order valence-electron chi connectivity index (χ2n) is 6.82. The number of urea groups is 1. The topological polar surface area (TPSA) is 77.2 Å². The fourth-order valence-electron chi connectivity index (χ4n) is 3.55. The number of anilines is 2. The van der Waals surface area contributed by atoms with E-state index in [0.717, 1.165) is 22.4 Å². The minimum Gasteiger partial charge on any atom is -0.352 e. The molecule has 0 aliphatic carbocycles. The lowest BCUT2D eigenvalue weighted by atomic mass is 10.1. The van der Waals surface area contributed by atoms with Crippen molar-refractivity contribution in [1.29, 1.82) is 0 Å². The molecule has 1 aliphatic heterocycles. The Morgan fingerprint density at radius 3 is 2.96 bits per heavy atom. The summed E-state index contributed by atoms with van der Waals surface area (Å²) < 4.78 is 0. The van der Waals surface area contributed by atoms with E-state index < -0.39 is 0 Å². The second kappa shape index (κ2) is 7.08. The van der Waals surface area contributed by atoms with Crippen molar-refractivity contribution < 1.29 is 4.79 Å². The van der Waals surface area contributed by atoms with Crippen molar-refractivity contribution in [1.82, 2.24) is 19.9 Å². The highest BCUT2D eigenvalue weighted by Gasteiger charge is 2.29.